The smallest absolute Gasteiger partial charge is 0.306 e. The first-order chi connectivity index (χ1) is 9.16. The Hall–Kier alpha value is -2.50. The van der Waals surface area contributed by atoms with Crippen LogP contribution in [0.1, 0.15) is 6.42 Å². The second-order valence-electron chi connectivity index (χ2n) is 3.71. The van der Waals surface area contributed by atoms with Crippen LogP contribution in [0.3, 0.4) is 0 Å². The van der Waals surface area contributed by atoms with Crippen LogP contribution >= 0.6 is 0 Å². The molecule has 0 radical (unpaired) electrons. The minimum atomic E-state index is -0.941. The molecule has 0 amide bonds. The number of ether oxygens (including phenoxy) is 1. The van der Waals surface area contributed by atoms with E-state index in [1.807, 2.05) is 0 Å². The summed E-state index contributed by atoms with van der Waals surface area (Å²) in [5.41, 5.74) is 0.305. The molecule has 2 rings (SSSR count). The minimum Gasteiger partial charge on any atom is -0.490 e. The fraction of sp³-hybridized carbons (Fsp3) is 0.154. The van der Waals surface area contributed by atoms with Crippen molar-refractivity contribution in [3.05, 3.63) is 42.5 Å². The van der Waals surface area contributed by atoms with Gasteiger partial charge in [0.1, 0.15) is 5.82 Å². The lowest BCUT2D eigenvalue weighted by molar-refractivity contribution is -0.137. The van der Waals surface area contributed by atoms with Crippen molar-refractivity contribution < 1.29 is 19.0 Å². The van der Waals surface area contributed by atoms with Gasteiger partial charge in [0.15, 0.2) is 11.6 Å². The van der Waals surface area contributed by atoms with Crippen molar-refractivity contribution in [2.75, 3.05) is 6.61 Å². The average Bonchev–Trinajstić information content (AvgIpc) is 2.40. The lowest BCUT2D eigenvalue weighted by Crippen LogP contribution is -2.05. The number of aliphatic carboxylic acids is 1. The molecule has 0 bridgehead atoms. The van der Waals surface area contributed by atoms with E-state index in [0.29, 0.717) is 11.3 Å². The number of nitrogens with zero attached hydrogens (tertiary/aromatic N) is 2. The lowest BCUT2D eigenvalue weighted by Gasteiger charge is -2.05. The monoisotopic (exact) mass is 262 g/mol. The fourth-order valence-corrected chi connectivity index (χ4v) is 1.43. The summed E-state index contributed by atoms with van der Waals surface area (Å²) in [4.78, 5) is 18.3. The number of carboxylic acids is 1. The summed E-state index contributed by atoms with van der Waals surface area (Å²) in [7, 11) is 0. The van der Waals surface area contributed by atoms with Crippen LogP contribution in [0.4, 0.5) is 4.39 Å². The van der Waals surface area contributed by atoms with Crippen LogP contribution in [-0.4, -0.2) is 27.7 Å². The first kappa shape index (κ1) is 12.9. The third-order valence-electron chi connectivity index (χ3n) is 2.33. The van der Waals surface area contributed by atoms with Crippen molar-refractivity contribution >= 4 is 5.97 Å². The average molecular weight is 262 g/mol. The van der Waals surface area contributed by atoms with Crippen molar-refractivity contribution in [3.63, 3.8) is 0 Å². The summed E-state index contributed by atoms with van der Waals surface area (Å²) >= 11 is 0. The van der Waals surface area contributed by atoms with Crippen LogP contribution in [-0.2, 0) is 4.79 Å². The molecule has 0 fully saturated rings. The van der Waals surface area contributed by atoms with E-state index in [9.17, 15) is 9.18 Å². The number of carboxylic acid groups (broad SMARTS) is 1. The highest BCUT2D eigenvalue weighted by Gasteiger charge is 2.07. The Kier molecular flexibility index (Phi) is 4.02. The first-order valence-corrected chi connectivity index (χ1v) is 5.58. The Labute approximate surface area is 108 Å². The van der Waals surface area contributed by atoms with Crippen molar-refractivity contribution in [3.8, 4) is 17.1 Å². The SMILES string of the molecule is O=C(O)CCOc1cnc(-c2ccccc2F)nc1. The summed E-state index contributed by atoms with van der Waals surface area (Å²) in [6.45, 7) is 0.0394. The fourth-order valence-electron chi connectivity index (χ4n) is 1.43. The van der Waals surface area contributed by atoms with Crippen molar-refractivity contribution in [2.24, 2.45) is 0 Å². The topological polar surface area (TPSA) is 72.3 Å². The van der Waals surface area contributed by atoms with Gasteiger partial charge in [0.2, 0.25) is 0 Å². The quantitative estimate of drug-likeness (QED) is 0.893. The zero-order chi connectivity index (χ0) is 13.7. The Morgan fingerprint density at radius 2 is 1.95 bits per heavy atom. The van der Waals surface area contributed by atoms with E-state index in [1.165, 1.54) is 18.5 Å². The van der Waals surface area contributed by atoms with E-state index >= 15 is 0 Å². The first-order valence-electron chi connectivity index (χ1n) is 5.58. The van der Waals surface area contributed by atoms with E-state index in [-0.39, 0.29) is 18.9 Å². The number of hydrogen-bond donors (Lipinski definition) is 1. The van der Waals surface area contributed by atoms with Gasteiger partial charge in [-0.2, -0.15) is 0 Å². The zero-order valence-electron chi connectivity index (χ0n) is 9.91. The molecular weight excluding hydrogens is 251 g/mol. The van der Waals surface area contributed by atoms with Gasteiger partial charge in [-0.3, -0.25) is 4.79 Å². The Morgan fingerprint density at radius 3 is 2.58 bits per heavy atom. The molecule has 98 valence electrons. The van der Waals surface area contributed by atoms with Crippen molar-refractivity contribution in [2.45, 2.75) is 6.42 Å². The van der Waals surface area contributed by atoms with E-state index in [2.05, 4.69) is 9.97 Å². The van der Waals surface area contributed by atoms with Gasteiger partial charge in [0.05, 0.1) is 31.0 Å². The Balaban J connectivity index is 2.06. The van der Waals surface area contributed by atoms with Crippen LogP contribution in [0.15, 0.2) is 36.7 Å². The molecule has 1 aromatic carbocycles. The third kappa shape index (κ3) is 3.48. The normalized spacial score (nSPS) is 10.2. The van der Waals surface area contributed by atoms with Gasteiger partial charge in [-0.1, -0.05) is 12.1 Å². The number of halogens is 1. The molecule has 0 saturated heterocycles. The van der Waals surface area contributed by atoms with Crippen molar-refractivity contribution in [1.29, 1.82) is 0 Å². The van der Waals surface area contributed by atoms with Gasteiger partial charge in [-0.05, 0) is 12.1 Å². The highest BCUT2D eigenvalue weighted by atomic mass is 19.1. The molecule has 0 atom stereocenters. The molecule has 1 N–H and O–H groups in total. The Bertz CT molecular complexity index is 572. The molecule has 0 aliphatic carbocycles. The van der Waals surface area contributed by atoms with Gasteiger partial charge < -0.3 is 9.84 Å². The second-order valence-corrected chi connectivity index (χ2v) is 3.71. The number of carbonyl (C=O) groups is 1. The van der Waals surface area contributed by atoms with E-state index in [1.54, 1.807) is 18.2 Å². The van der Waals surface area contributed by atoms with Crippen molar-refractivity contribution in [1.82, 2.24) is 9.97 Å². The zero-order valence-corrected chi connectivity index (χ0v) is 9.91. The predicted octanol–water partition coefficient (Wildman–Crippen LogP) is 2.14. The molecular formula is C13H11FN2O3. The number of hydrogen-bond acceptors (Lipinski definition) is 4. The molecule has 0 spiro atoms. The summed E-state index contributed by atoms with van der Waals surface area (Å²) in [5, 5.41) is 8.46. The highest BCUT2D eigenvalue weighted by Crippen LogP contribution is 2.19. The van der Waals surface area contributed by atoms with Gasteiger partial charge in [0, 0.05) is 0 Å². The minimum absolute atomic E-state index is 0.0394. The molecule has 2 aromatic rings. The van der Waals surface area contributed by atoms with Crippen LogP contribution in [0, 0.1) is 5.82 Å². The molecule has 0 aliphatic heterocycles. The summed E-state index contributed by atoms with van der Waals surface area (Å²) in [6.07, 6.45) is 2.67. The molecule has 1 aromatic heterocycles. The molecule has 0 saturated carbocycles. The largest absolute Gasteiger partial charge is 0.490 e. The molecule has 19 heavy (non-hydrogen) atoms. The molecule has 0 aliphatic rings. The summed E-state index contributed by atoms with van der Waals surface area (Å²) in [5.74, 6) is -0.740. The van der Waals surface area contributed by atoms with Gasteiger partial charge in [0.25, 0.3) is 0 Å². The van der Waals surface area contributed by atoms with Crippen LogP contribution in [0.2, 0.25) is 0 Å². The van der Waals surface area contributed by atoms with Crippen LogP contribution < -0.4 is 4.74 Å². The van der Waals surface area contributed by atoms with E-state index in [0.717, 1.165) is 0 Å². The van der Waals surface area contributed by atoms with E-state index < -0.39 is 11.8 Å². The van der Waals surface area contributed by atoms with Gasteiger partial charge in [-0.15, -0.1) is 0 Å². The lowest BCUT2D eigenvalue weighted by atomic mass is 10.2. The molecule has 1 heterocycles. The van der Waals surface area contributed by atoms with Gasteiger partial charge >= 0.3 is 5.97 Å². The van der Waals surface area contributed by atoms with Gasteiger partial charge in [-0.25, -0.2) is 14.4 Å². The third-order valence-corrected chi connectivity index (χ3v) is 2.33. The maximum Gasteiger partial charge on any atom is 0.306 e. The maximum atomic E-state index is 13.5. The summed E-state index contributed by atoms with van der Waals surface area (Å²) < 4.78 is 18.6. The highest BCUT2D eigenvalue weighted by molar-refractivity contribution is 5.66. The van der Waals surface area contributed by atoms with Crippen LogP contribution in [0.25, 0.3) is 11.4 Å². The second kappa shape index (κ2) is 5.90. The summed E-state index contributed by atoms with van der Waals surface area (Å²) in [6, 6.07) is 6.19. The molecule has 6 heteroatoms. The van der Waals surface area contributed by atoms with Crippen LogP contribution in [0.5, 0.6) is 5.75 Å². The number of rotatable bonds is 5. The van der Waals surface area contributed by atoms with E-state index in [4.69, 9.17) is 9.84 Å². The Morgan fingerprint density at radius 1 is 1.26 bits per heavy atom. The standard InChI is InChI=1S/C13H11FN2O3/c14-11-4-2-1-3-10(11)13-15-7-9(8-16-13)19-6-5-12(17)18/h1-4,7-8H,5-6H2,(H,17,18). The number of aromatic nitrogens is 2. The maximum absolute atomic E-state index is 13.5. The molecule has 0 unspecified atom stereocenters. The predicted molar refractivity (Wildman–Crippen MR) is 65.2 cm³/mol. The number of benzene rings is 1. The molecule has 5 nitrogen and oxygen atoms in total.